The first kappa shape index (κ1) is 17.8. The Balaban J connectivity index is 1.77. The smallest absolute Gasteiger partial charge is 0.262 e. The maximum atomic E-state index is 13.3. The van der Waals surface area contributed by atoms with E-state index in [2.05, 4.69) is 10.6 Å². The van der Waals surface area contributed by atoms with Gasteiger partial charge in [-0.1, -0.05) is 42.0 Å². The number of amides is 2. The van der Waals surface area contributed by atoms with Crippen molar-refractivity contribution in [3.05, 3.63) is 89.5 Å². The van der Waals surface area contributed by atoms with Gasteiger partial charge in [0.25, 0.3) is 5.91 Å². The van der Waals surface area contributed by atoms with Gasteiger partial charge in [0.05, 0.1) is 5.56 Å². The van der Waals surface area contributed by atoms with Crippen molar-refractivity contribution in [3.8, 4) is 0 Å². The molecular formula is C23H21N3O2. The number of para-hydroxylation sites is 1. The highest BCUT2D eigenvalue weighted by Crippen LogP contribution is 2.37. The molecule has 0 bridgehead atoms. The molecule has 2 amide bonds. The van der Waals surface area contributed by atoms with Gasteiger partial charge in [-0.05, 0) is 48.9 Å². The molecule has 0 saturated heterocycles. The maximum absolute atomic E-state index is 13.3. The summed E-state index contributed by atoms with van der Waals surface area (Å²) in [4.78, 5) is 26.4. The zero-order valence-corrected chi connectivity index (χ0v) is 15.8. The summed E-state index contributed by atoms with van der Waals surface area (Å²) in [5, 5.41) is 6.25. The van der Waals surface area contributed by atoms with E-state index in [-0.39, 0.29) is 18.0 Å². The van der Waals surface area contributed by atoms with E-state index < -0.39 is 0 Å². The molecule has 3 aromatic rings. The monoisotopic (exact) mass is 371 g/mol. The Kier molecular flexibility index (Phi) is 4.57. The molecule has 0 unspecified atom stereocenters. The number of hydrogen-bond donors (Lipinski definition) is 2. The van der Waals surface area contributed by atoms with E-state index in [0.29, 0.717) is 11.3 Å². The van der Waals surface area contributed by atoms with Crippen LogP contribution >= 0.6 is 0 Å². The van der Waals surface area contributed by atoms with Crippen molar-refractivity contribution in [2.45, 2.75) is 20.0 Å². The first-order valence-electron chi connectivity index (χ1n) is 9.16. The summed E-state index contributed by atoms with van der Waals surface area (Å²) in [6.45, 7) is 3.51. The third kappa shape index (κ3) is 3.34. The van der Waals surface area contributed by atoms with Crippen molar-refractivity contribution in [1.82, 2.24) is 0 Å². The fraction of sp³-hybridized carbons (Fsp3) is 0.130. The van der Waals surface area contributed by atoms with Crippen molar-refractivity contribution in [3.63, 3.8) is 0 Å². The quantitative estimate of drug-likeness (QED) is 0.700. The fourth-order valence-electron chi connectivity index (χ4n) is 3.41. The molecule has 0 radical (unpaired) electrons. The van der Waals surface area contributed by atoms with Crippen LogP contribution in [0.1, 0.15) is 34.6 Å². The number of hydrogen-bond acceptors (Lipinski definition) is 3. The summed E-state index contributed by atoms with van der Waals surface area (Å²) in [5.41, 5.74) is 5.07. The summed E-state index contributed by atoms with van der Waals surface area (Å²) in [7, 11) is 0. The van der Waals surface area contributed by atoms with Gasteiger partial charge in [-0.25, -0.2) is 0 Å². The molecule has 1 atom stereocenters. The number of aryl methyl sites for hydroxylation is 1. The van der Waals surface area contributed by atoms with E-state index in [1.54, 1.807) is 17.0 Å². The molecule has 0 fully saturated rings. The average molecular weight is 371 g/mol. The minimum absolute atomic E-state index is 0.0628. The molecule has 2 N–H and O–H groups in total. The summed E-state index contributed by atoms with van der Waals surface area (Å²) in [5.74, 6) is -0.192. The van der Waals surface area contributed by atoms with Gasteiger partial charge < -0.3 is 10.6 Å². The number of fused-ring (bicyclic) bond motifs is 1. The molecule has 1 aliphatic heterocycles. The number of rotatable bonds is 3. The van der Waals surface area contributed by atoms with E-state index >= 15 is 0 Å². The van der Waals surface area contributed by atoms with Crippen LogP contribution in [0.25, 0.3) is 0 Å². The lowest BCUT2D eigenvalue weighted by molar-refractivity contribution is -0.114. The van der Waals surface area contributed by atoms with Crippen molar-refractivity contribution in [1.29, 1.82) is 0 Å². The number of nitrogens with zero attached hydrogens (tertiary/aromatic N) is 1. The Morgan fingerprint density at radius 1 is 0.964 bits per heavy atom. The second-order valence-corrected chi connectivity index (χ2v) is 6.91. The molecule has 0 spiro atoms. The van der Waals surface area contributed by atoms with Gasteiger partial charge in [-0.2, -0.15) is 0 Å². The highest BCUT2D eigenvalue weighted by molar-refractivity contribution is 6.12. The zero-order chi connectivity index (χ0) is 19.7. The second kappa shape index (κ2) is 7.19. The van der Waals surface area contributed by atoms with E-state index in [1.807, 2.05) is 67.6 Å². The van der Waals surface area contributed by atoms with Crippen LogP contribution in [0.4, 0.5) is 17.1 Å². The Labute approximate surface area is 164 Å². The summed E-state index contributed by atoms with van der Waals surface area (Å²) in [6.07, 6.45) is -0.324. The molecule has 0 aromatic heterocycles. The lowest BCUT2D eigenvalue weighted by Gasteiger charge is -2.38. The number of anilines is 3. The first-order valence-corrected chi connectivity index (χ1v) is 9.16. The topological polar surface area (TPSA) is 61.4 Å². The molecule has 140 valence electrons. The minimum Gasteiger partial charge on any atom is -0.360 e. The van der Waals surface area contributed by atoms with Crippen LogP contribution in [-0.4, -0.2) is 11.8 Å². The molecule has 1 heterocycles. The number of benzene rings is 3. The number of carbonyl (C=O) groups is 2. The van der Waals surface area contributed by atoms with Crippen LogP contribution in [0.3, 0.4) is 0 Å². The van der Waals surface area contributed by atoms with Gasteiger partial charge in [0.15, 0.2) is 0 Å². The van der Waals surface area contributed by atoms with Gasteiger partial charge in [-0.15, -0.1) is 0 Å². The average Bonchev–Trinajstić information content (AvgIpc) is 2.69. The predicted octanol–water partition coefficient (Wildman–Crippen LogP) is 4.72. The summed E-state index contributed by atoms with van der Waals surface area (Å²) < 4.78 is 0. The van der Waals surface area contributed by atoms with Crippen molar-refractivity contribution >= 4 is 28.9 Å². The molecule has 5 heteroatoms. The molecule has 1 aliphatic rings. The van der Waals surface area contributed by atoms with E-state index in [4.69, 9.17) is 0 Å². The van der Waals surface area contributed by atoms with E-state index in [0.717, 1.165) is 22.5 Å². The van der Waals surface area contributed by atoms with Crippen LogP contribution in [-0.2, 0) is 4.79 Å². The highest BCUT2D eigenvalue weighted by atomic mass is 16.2. The van der Waals surface area contributed by atoms with Gasteiger partial charge in [0.1, 0.15) is 6.17 Å². The predicted molar refractivity (Wildman–Crippen MR) is 112 cm³/mol. The molecule has 28 heavy (non-hydrogen) atoms. The normalized spacial score (nSPS) is 15.6. The van der Waals surface area contributed by atoms with Crippen LogP contribution in [0.15, 0.2) is 72.8 Å². The Morgan fingerprint density at radius 2 is 1.64 bits per heavy atom. The lowest BCUT2D eigenvalue weighted by Crippen LogP contribution is -2.43. The molecule has 0 aliphatic carbocycles. The van der Waals surface area contributed by atoms with Crippen LogP contribution in [0, 0.1) is 6.92 Å². The largest absolute Gasteiger partial charge is 0.360 e. The molecule has 0 saturated carbocycles. The van der Waals surface area contributed by atoms with Crippen molar-refractivity contribution in [2.24, 2.45) is 0 Å². The van der Waals surface area contributed by atoms with Gasteiger partial charge in [-0.3, -0.25) is 14.5 Å². The lowest BCUT2D eigenvalue weighted by atomic mass is 10.0. The van der Waals surface area contributed by atoms with E-state index in [1.165, 1.54) is 6.92 Å². The summed E-state index contributed by atoms with van der Waals surface area (Å²) >= 11 is 0. The molecule has 3 aromatic carbocycles. The molecule has 5 nitrogen and oxygen atoms in total. The van der Waals surface area contributed by atoms with Crippen LogP contribution in [0.5, 0.6) is 0 Å². The standard InChI is InChI=1S/C23H21N3O2/c1-15-7-9-17(10-8-15)22-25-21-6-4-3-5-20(21)23(28)26(22)19-13-11-18(12-14-19)24-16(2)27/h3-14,22,25H,1-2H3,(H,24,27)/t22-/m0/s1. The SMILES string of the molecule is CC(=O)Nc1ccc(N2C(=O)c3ccccc3N[C@@H]2c2ccc(C)cc2)cc1. The third-order valence-electron chi connectivity index (χ3n) is 4.79. The van der Waals surface area contributed by atoms with Gasteiger partial charge in [0.2, 0.25) is 5.91 Å². The van der Waals surface area contributed by atoms with Gasteiger partial charge >= 0.3 is 0 Å². The Bertz CT molecular complexity index is 1030. The van der Waals surface area contributed by atoms with Crippen LogP contribution in [0.2, 0.25) is 0 Å². The molecular weight excluding hydrogens is 350 g/mol. The van der Waals surface area contributed by atoms with Crippen molar-refractivity contribution < 1.29 is 9.59 Å². The Hall–Kier alpha value is -3.60. The Morgan fingerprint density at radius 3 is 2.32 bits per heavy atom. The molecule has 4 rings (SSSR count). The number of carbonyl (C=O) groups excluding carboxylic acids is 2. The summed E-state index contributed by atoms with van der Waals surface area (Å²) in [6, 6.07) is 23.0. The third-order valence-corrected chi connectivity index (χ3v) is 4.79. The second-order valence-electron chi connectivity index (χ2n) is 6.91. The maximum Gasteiger partial charge on any atom is 0.262 e. The van der Waals surface area contributed by atoms with Gasteiger partial charge in [0, 0.05) is 24.0 Å². The fourth-order valence-corrected chi connectivity index (χ4v) is 3.41. The van der Waals surface area contributed by atoms with E-state index in [9.17, 15) is 9.59 Å². The highest BCUT2D eigenvalue weighted by Gasteiger charge is 2.33. The first-order chi connectivity index (χ1) is 13.5. The van der Waals surface area contributed by atoms with Crippen LogP contribution < -0.4 is 15.5 Å². The zero-order valence-electron chi connectivity index (χ0n) is 15.8. The van der Waals surface area contributed by atoms with Crippen molar-refractivity contribution in [2.75, 3.05) is 15.5 Å². The number of nitrogens with one attached hydrogen (secondary N) is 2. The minimum atomic E-state index is -0.324.